The Kier molecular flexibility index (Phi) is 3.68. The zero-order valence-corrected chi connectivity index (χ0v) is 11.2. The highest BCUT2D eigenvalue weighted by atomic mass is 16.6. The van der Waals surface area contributed by atoms with Crippen LogP contribution in [0.25, 0.3) is 0 Å². The maximum atomic E-state index is 12.1. The Hall–Kier alpha value is -0.570. The summed E-state index contributed by atoms with van der Waals surface area (Å²) in [5, 5.41) is 0. The molecule has 1 aliphatic carbocycles. The third-order valence-corrected chi connectivity index (χ3v) is 3.04. The van der Waals surface area contributed by atoms with Crippen LogP contribution in [0.1, 0.15) is 53.9 Å². The molecule has 0 saturated heterocycles. The molecule has 2 N–H and O–H groups in total. The first-order chi connectivity index (χ1) is 7.12. The summed E-state index contributed by atoms with van der Waals surface area (Å²) >= 11 is 0. The van der Waals surface area contributed by atoms with Gasteiger partial charge in [0.1, 0.15) is 11.1 Å². The van der Waals surface area contributed by atoms with Crippen LogP contribution < -0.4 is 5.73 Å². The number of hydrogen-bond acceptors (Lipinski definition) is 3. The fourth-order valence-electron chi connectivity index (χ4n) is 2.73. The molecule has 0 unspecified atom stereocenters. The normalized spacial score (nSPS) is 35.9. The smallest absolute Gasteiger partial charge is 0.326 e. The first-order valence-electron chi connectivity index (χ1n) is 6.15. The summed E-state index contributed by atoms with van der Waals surface area (Å²) < 4.78 is 5.41. The minimum atomic E-state index is -0.773. The number of carbonyl (C=O) groups is 1. The van der Waals surface area contributed by atoms with Crippen molar-refractivity contribution in [2.45, 2.75) is 65.0 Å². The fourth-order valence-corrected chi connectivity index (χ4v) is 2.73. The van der Waals surface area contributed by atoms with E-state index in [2.05, 4.69) is 13.8 Å². The van der Waals surface area contributed by atoms with E-state index in [9.17, 15) is 4.79 Å². The largest absolute Gasteiger partial charge is 0.459 e. The van der Waals surface area contributed by atoms with Crippen molar-refractivity contribution in [2.24, 2.45) is 17.6 Å². The molecule has 1 fully saturated rings. The molecular formula is C13H25NO2. The van der Waals surface area contributed by atoms with E-state index < -0.39 is 11.1 Å². The lowest BCUT2D eigenvalue weighted by Gasteiger charge is -2.39. The van der Waals surface area contributed by atoms with E-state index in [-0.39, 0.29) is 5.97 Å². The molecule has 1 saturated carbocycles. The van der Waals surface area contributed by atoms with Crippen LogP contribution in [-0.2, 0) is 9.53 Å². The van der Waals surface area contributed by atoms with Gasteiger partial charge in [-0.3, -0.25) is 4.79 Å². The molecule has 0 aromatic heterocycles. The molecule has 0 radical (unpaired) electrons. The highest BCUT2D eigenvalue weighted by molar-refractivity contribution is 5.81. The lowest BCUT2D eigenvalue weighted by Crippen LogP contribution is -2.55. The van der Waals surface area contributed by atoms with E-state index in [4.69, 9.17) is 10.5 Å². The minimum absolute atomic E-state index is 0.238. The van der Waals surface area contributed by atoms with Crippen LogP contribution in [0.5, 0.6) is 0 Å². The lowest BCUT2D eigenvalue weighted by molar-refractivity contribution is -0.164. The molecule has 2 atom stereocenters. The Morgan fingerprint density at radius 2 is 1.69 bits per heavy atom. The van der Waals surface area contributed by atoms with E-state index >= 15 is 0 Å². The Morgan fingerprint density at radius 1 is 1.25 bits per heavy atom. The number of hydrogen-bond donors (Lipinski definition) is 1. The maximum Gasteiger partial charge on any atom is 0.326 e. The van der Waals surface area contributed by atoms with E-state index in [1.54, 1.807) is 0 Å². The predicted molar refractivity (Wildman–Crippen MR) is 64.9 cm³/mol. The van der Waals surface area contributed by atoms with Gasteiger partial charge in [0.25, 0.3) is 0 Å². The molecule has 1 aliphatic rings. The van der Waals surface area contributed by atoms with Gasteiger partial charge in [-0.15, -0.1) is 0 Å². The van der Waals surface area contributed by atoms with Crippen molar-refractivity contribution in [3.63, 3.8) is 0 Å². The van der Waals surface area contributed by atoms with Gasteiger partial charge < -0.3 is 10.5 Å². The van der Waals surface area contributed by atoms with Gasteiger partial charge in [-0.05, 0) is 51.9 Å². The topological polar surface area (TPSA) is 52.3 Å². The summed E-state index contributed by atoms with van der Waals surface area (Å²) in [6.07, 6.45) is 2.64. The molecule has 94 valence electrons. The average molecular weight is 227 g/mol. The van der Waals surface area contributed by atoms with Crippen molar-refractivity contribution in [3.8, 4) is 0 Å². The summed E-state index contributed by atoms with van der Waals surface area (Å²) in [5.74, 6) is 0.765. The highest BCUT2D eigenvalue weighted by Gasteiger charge is 2.43. The summed E-state index contributed by atoms with van der Waals surface area (Å²) in [6, 6.07) is 0. The first-order valence-corrected chi connectivity index (χ1v) is 6.15. The molecule has 0 aromatic rings. The quantitative estimate of drug-likeness (QED) is 0.700. The van der Waals surface area contributed by atoms with Crippen LogP contribution >= 0.6 is 0 Å². The van der Waals surface area contributed by atoms with Crippen LogP contribution in [-0.4, -0.2) is 17.1 Å². The predicted octanol–water partition coefficient (Wildman–Crippen LogP) is 2.48. The van der Waals surface area contributed by atoms with Crippen molar-refractivity contribution in [1.82, 2.24) is 0 Å². The molecule has 0 aliphatic heterocycles. The van der Waals surface area contributed by atoms with Crippen LogP contribution in [0, 0.1) is 11.8 Å². The Morgan fingerprint density at radius 3 is 2.06 bits per heavy atom. The molecular weight excluding hydrogens is 202 g/mol. The van der Waals surface area contributed by atoms with Crippen molar-refractivity contribution in [3.05, 3.63) is 0 Å². The Balaban J connectivity index is 2.72. The Labute approximate surface area is 98.7 Å². The molecule has 0 heterocycles. The van der Waals surface area contributed by atoms with Crippen LogP contribution in [0.2, 0.25) is 0 Å². The van der Waals surface area contributed by atoms with Gasteiger partial charge in [0.15, 0.2) is 0 Å². The average Bonchev–Trinajstić information content (AvgIpc) is 1.97. The van der Waals surface area contributed by atoms with Crippen molar-refractivity contribution in [1.29, 1.82) is 0 Å². The molecule has 0 amide bonds. The van der Waals surface area contributed by atoms with Gasteiger partial charge >= 0.3 is 5.97 Å². The van der Waals surface area contributed by atoms with E-state index in [0.29, 0.717) is 11.8 Å². The SMILES string of the molecule is C[C@@H]1C[C@@H](C)CC(N)(C(=O)OC(C)(C)C)C1. The third-order valence-electron chi connectivity index (χ3n) is 3.04. The molecule has 16 heavy (non-hydrogen) atoms. The van der Waals surface area contributed by atoms with Crippen LogP contribution in [0.4, 0.5) is 0 Å². The summed E-state index contributed by atoms with van der Waals surface area (Å²) in [4.78, 5) is 12.1. The zero-order valence-electron chi connectivity index (χ0n) is 11.2. The highest BCUT2D eigenvalue weighted by Crippen LogP contribution is 2.35. The number of ether oxygens (including phenoxy) is 1. The van der Waals surface area contributed by atoms with Gasteiger partial charge in [0.05, 0.1) is 0 Å². The number of carbonyl (C=O) groups excluding carboxylic acids is 1. The number of esters is 1. The third kappa shape index (κ3) is 3.48. The van der Waals surface area contributed by atoms with E-state index in [1.807, 2.05) is 20.8 Å². The Bertz CT molecular complexity index is 258. The van der Waals surface area contributed by atoms with Gasteiger partial charge in [0, 0.05) is 0 Å². The standard InChI is InChI=1S/C13H25NO2/c1-9-6-10(2)8-13(14,7-9)11(15)16-12(3,4)5/h9-10H,6-8,14H2,1-5H3/t9-,10-/m1/s1. The second-order valence-electron chi connectivity index (χ2n) is 6.51. The van der Waals surface area contributed by atoms with Gasteiger partial charge in [0.2, 0.25) is 0 Å². The lowest BCUT2D eigenvalue weighted by atomic mass is 9.72. The van der Waals surface area contributed by atoms with E-state index in [0.717, 1.165) is 19.3 Å². The zero-order chi connectivity index (χ0) is 12.6. The summed E-state index contributed by atoms with van der Waals surface area (Å²) in [5.41, 5.74) is 4.99. The number of nitrogens with two attached hydrogens (primary N) is 1. The van der Waals surface area contributed by atoms with Crippen molar-refractivity contribution >= 4 is 5.97 Å². The van der Waals surface area contributed by atoms with Crippen LogP contribution in [0.3, 0.4) is 0 Å². The minimum Gasteiger partial charge on any atom is -0.459 e. The van der Waals surface area contributed by atoms with E-state index in [1.165, 1.54) is 0 Å². The van der Waals surface area contributed by atoms with Crippen molar-refractivity contribution < 1.29 is 9.53 Å². The van der Waals surface area contributed by atoms with Crippen molar-refractivity contribution in [2.75, 3.05) is 0 Å². The molecule has 0 spiro atoms. The molecule has 3 nitrogen and oxygen atoms in total. The molecule has 0 aromatic carbocycles. The van der Waals surface area contributed by atoms with Gasteiger partial charge in [-0.25, -0.2) is 0 Å². The molecule has 0 bridgehead atoms. The fraction of sp³-hybridized carbons (Fsp3) is 0.923. The van der Waals surface area contributed by atoms with Crippen LogP contribution in [0.15, 0.2) is 0 Å². The second-order valence-corrected chi connectivity index (χ2v) is 6.51. The summed E-state index contributed by atoms with van der Waals surface area (Å²) in [7, 11) is 0. The second kappa shape index (κ2) is 4.36. The number of rotatable bonds is 1. The van der Waals surface area contributed by atoms with Gasteiger partial charge in [-0.1, -0.05) is 13.8 Å². The monoisotopic (exact) mass is 227 g/mol. The maximum absolute atomic E-state index is 12.1. The first kappa shape index (κ1) is 13.5. The molecule has 1 rings (SSSR count). The van der Waals surface area contributed by atoms with Gasteiger partial charge in [-0.2, -0.15) is 0 Å². The molecule has 3 heteroatoms. The summed E-state index contributed by atoms with van der Waals surface area (Å²) in [6.45, 7) is 9.95.